The average molecular weight is 394 g/mol. The largest absolute Gasteiger partial charge is 0.382 e. The van der Waals surface area contributed by atoms with E-state index < -0.39 is 0 Å². The van der Waals surface area contributed by atoms with Crippen LogP contribution in [0.15, 0.2) is 55.0 Å². The van der Waals surface area contributed by atoms with Crippen LogP contribution in [0, 0.1) is 22.7 Å². The van der Waals surface area contributed by atoms with Gasteiger partial charge in [-0.15, -0.1) is 0 Å². The van der Waals surface area contributed by atoms with Crippen molar-refractivity contribution in [2.24, 2.45) is 0 Å². The molecule has 8 nitrogen and oxygen atoms in total. The molecule has 4 N–H and O–H groups in total. The van der Waals surface area contributed by atoms with E-state index in [-0.39, 0.29) is 17.2 Å². The van der Waals surface area contributed by atoms with Crippen molar-refractivity contribution in [2.45, 2.75) is 13.3 Å². The first-order chi connectivity index (χ1) is 14.6. The van der Waals surface area contributed by atoms with Gasteiger partial charge in [0, 0.05) is 17.1 Å². The van der Waals surface area contributed by atoms with Crippen LogP contribution in [0.4, 0.5) is 11.6 Å². The molecule has 0 unspecified atom stereocenters. The first kappa shape index (κ1) is 20.2. The highest BCUT2D eigenvalue weighted by molar-refractivity contribution is 5.89. The van der Waals surface area contributed by atoms with E-state index in [2.05, 4.69) is 32.9 Å². The number of pyridine rings is 2. The highest BCUT2D eigenvalue weighted by atomic mass is 15.0. The van der Waals surface area contributed by atoms with Gasteiger partial charge in [0.2, 0.25) is 0 Å². The average Bonchev–Trinajstić information content (AvgIpc) is 2.79. The molecule has 0 atom stereocenters. The molecule has 0 bridgehead atoms. The van der Waals surface area contributed by atoms with Gasteiger partial charge >= 0.3 is 0 Å². The van der Waals surface area contributed by atoms with Crippen LogP contribution in [0.3, 0.4) is 0 Å². The van der Waals surface area contributed by atoms with Crippen molar-refractivity contribution in [1.82, 2.24) is 19.9 Å². The standard InChI is InChI=1S/C17H13N3.C5H5N5/c1-2-15-14(16-7-3-4-9-19-16)10-13-12(11-18)6-5-8-17(13)20-15;6-1-3-4(7)9-2-10-5(3)8/h3-10H,2H2,1H3;2H,(H4,7,8,9,10). The summed E-state index contributed by atoms with van der Waals surface area (Å²) >= 11 is 0. The Hall–Kier alpha value is -4.56. The minimum Gasteiger partial charge on any atom is -0.382 e. The summed E-state index contributed by atoms with van der Waals surface area (Å²) in [6, 6.07) is 17.5. The van der Waals surface area contributed by atoms with Crippen LogP contribution in [0.1, 0.15) is 23.7 Å². The summed E-state index contributed by atoms with van der Waals surface area (Å²) in [5.41, 5.74) is 15.1. The maximum absolute atomic E-state index is 9.23. The second-order valence-electron chi connectivity index (χ2n) is 6.17. The molecule has 0 aliphatic heterocycles. The summed E-state index contributed by atoms with van der Waals surface area (Å²) in [6.07, 6.45) is 3.82. The van der Waals surface area contributed by atoms with Crippen molar-refractivity contribution in [3.63, 3.8) is 0 Å². The minimum atomic E-state index is 0.120. The Balaban J connectivity index is 0.000000216. The molecular weight excluding hydrogens is 376 g/mol. The maximum Gasteiger partial charge on any atom is 0.146 e. The predicted molar refractivity (Wildman–Crippen MR) is 115 cm³/mol. The SMILES string of the molecule is CCc1nc2cccc(C#N)c2cc1-c1ccccn1.N#Cc1c(N)ncnc1N. The summed E-state index contributed by atoms with van der Waals surface area (Å²) in [5, 5.41) is 18.5. The summed E-state index contributed by atoms with van der Waals surface area (Å²) in [7, 11) is 0. The molecule has 0 aliphatic carbocycles. The van der Waals surface area contributed by atoms with Crippen molar-refractivity contribution in [1.29, 1.82) is 10.5 Å². The highest BCUT2D eigenvalue weighted by Gasteiger charge is 2.10. The lowest BCUT2D eigenvalue weighted by Crippen LogP contribution is -2.01. The van der Waals surface area contributed by atoms with Gasteiger partial charge in [0.05, 0.1) is 28.5 Å². The fourth-order valence-corrected chi connectivity index (χ4v) is 2.87. The van der Waals surface area contributed by atoms with Gasteiger partial charge in [0.25, 0.3) is 0 Å². The van der Waals surface area contributed by atoms with Gasteiger partial charge in [-0.3, -0.25) is 9.97 Å². The van der Waals surface area contributed by atoms with E-state index in [0.717, 1.165) is 34.3 Å². The van der Waals surface area contributed by atoms with Crippen LogP contribution in [0.25, 0.3) is 22.2 Å². The van der Waals surface area contributed by atoms with Gasteiger partial charge in [-0.05, 0) is 36.8 Å². The topological polar surface area (TPSA) is 151 Å². The zero-order chi connectivity index (χ0) is 21.5. The third kappa shape index (κ3) is 4.13. The summed E-state index contributed by atoms with van der Waals surface area (Å²) in [4.78, 5) is 16.2. The van der Waals surface area contributed by atoms with Crippen LogP contribution in [-0.2, 0) is 6.42 Å². The molecule has 0 saturated heterocycles. The number of nitrogens with two attached hydrogens (primary N) is 2. The molecule has 0 radical (unpaired) electrons. The monoisotopic (exact) mass is 394 g/mol. The maximum atomic E-state index is 9.23. The Morgan fingerprint density at radius 3 is 2.27 bits per heavy atom. The zero-order valence-corrected chi connectivity index (χ0v) is 16.2. The van der Waals surface area contributed by atoms with Gasteiger partial charge in [-0.1, -0.05) is 19.1 Å². The summed E-state index contributed by atoms with van der Waals surface area (Å²) in [6.45, 7) is 2.08. The van der Waals surface area contributed by atoms with Crippen molar-refractivity contribution in [3.8, 4) is 23.4 Å². The normalized spacial score (nSPS) is 9.83. The van der Waals surface area contributed by atoms with Gasteiger partial charge in [0.15, 0.2) is 0 Å². The van der Waals surface area contributed by atoms with Gasteiger partial charge < -0.3 is 11.5 Å². The Bertz CT molecular complexity index is 1250. The molecule has 8 heteroatoms. The van der Waals surface area contributed by atoms with Crippen LogP contribution >= 0.6 is 0 Å². The number of aryl methyl sites for hydroxylation is 1. The number of rotatable bonds is 2. The van der Waals surface area contributed by atoms with Gasteiger partial charge in [-0.2, -0.15) is 10.5 Å². The van der Waals surface area contributed by atoms with E-state index in [0.29, 0.717) is 5.56 Å². The van der Waals surface area contributed by atoms with Gasteiger partial charge in [0.1, 0.15) is 29.6 Å². The number of nitrogens with zero attached hydrogens (tertiary/aromatic N) is 6. The van der Waals surface area contributed by atoms with Crippen molar-refractivity contribution in [3.05, 3.63) is 71.8 Å². The van der Waals surface area contributed by atoms with E-state index in [4.69, 9.17) is 16.7 Å². The van der Waals surface area contributed by atoms with E-state index in [9.17, 15) is 5.26 Å². The van der Waals surface area contributed by atoms with E-state index in [1.807, 2.05) is 42.5 Å². The highest BCUT2D eigenvalue weighted by Crippen LogP contribution is 2.27. The second kappa shape index (κ2) is 9.09. The number of nitriles is 2. The van der Waals surface area contributed by atoms with Crippen molar-refractivity contribution >= 4 is 22.5 Å². The Labute approximate surface area is 173 Å². The molecular formula is C22H18N8. The molecule has 1 aromatic carbocycles. The Morgan fingerprint density at radius 1 is 0.933 bits per heavy atom. The van der Waals surface area contributed by atoms with Crippen molar-refractivity contribution in [2.75, 3.05) is 11.5 Å². The fraction of sp³-hybridized carbons (Fsp3) is 0.0909. The summed E-state index contributed by atoms with van der Waals surface area (Å²) < 4.78 is 0. The Kier molecular flexibility index (Phi) is 6.11. The van der Waals surface area contributed by atoms with E-state index in [1.54, 1.807) is 12.3 Å². The quantitative estimate of drug-likeness (QED) is 0.525. The number of hydrogen-bond donors (Lipinski definition) is 2. The van der Waals surface area contributed by atoms with E-state index >= 15 is 0 Å². The molecule has 30 heavy (non-hydrogen) atoms. The second-order valence-corrected chi connectivity index (χ2v) is 6.17. The smallest absolute Gasteiger partial charge is 0.146 e. The van der Waals surface area contributed by atoms with Crippen LogP contribution < -0.4 is 11.5 Å². The molecule has 0 fully saturated rings. The summed E-state index contributed by atoms with van der Waals surface area (Å²) in [5.74, 6) is 0.241. The lowest BCUT2D eigenvalue weighted by atomic mass is 10.0. The van der Waals surface area contributed by atoms with Gasteiger partial charge in [-0.25, -0.2) is 9.97 Å². The number of hydrogen-bond acceptors (Lipinski definition) is 8. The van der Waals surface area contributed by atoms with Crippen LogP contribution in [0.2, 0.25) is 0 Å². The Morgan fingerprint density at radius 2 is 1.70 bits per heavy atom. The molecule has 3 heterocycles. The lowest BCUT2D eigenvalue weighted by Gasteiger charge is -2.09. The minimum absolute atomic E-state index is 0.120. The lowest BCUT2D eigenvalue weighted by molar-refractivity contribution is 1.05. The fourth-order valence-electron chi connectivity index (χ4n) is 2.87. The molecule has 0 aliphatic rings. The van der Waals surface area contributed by atoms with Crippen LogP contribution in [-0.4, -0.2) is 19.9 Å². The van der Waals surface area contributed by atoms with Crippen LogP contribution in [0.5, 0.6) is 0 Å². The molecule has 0 spiro atoms. The number of anilines is 2. The molecule has 4 rings (SSSR count). The first-order valence-electron chi connectivity index (χ1n) is 9.09. The number of fused-ring (bicyclic) bond motifs is 1. The molecule has 0 saturated carbocycles. The molecule has 3 aromatic heterocycles. The third-order valence-corrected chi connectivity index (χ3v) is 4.35. The zero-order valence-electron chi connectivity index (χ0n) is 16.2. The molecule has 146 valence electrons. The number of benzene rings is 1. The molecule has 0 amide bonds. The van der Waals surface area contributed by atoms with E-state index in [1.165, 1.54) is 6.33 Å². The predicted octanol–water partition coefficient (Wildman–Crippen LogP) is 3.24. The van der Waals surface area contributed by atoms with Crippen molar-refractivity contribution < 1.29 is 0 Å². The first-order valence-corrected chi connectivity index (χ1v) is 9.09. The number of aromatic nitrogens is 4. The molecule has 4 aromatic rings. The third-order valence-electron chi connectivity index (χ3n) is 4.35. The number of nitrogen functional groups attached to an aromatic ring is 2.